The van der Waals surface area contributed by atoms with Crippen molar-refractivity contribution in [2.75, 3.05) is 0 Å². The van der Waals surface area contributed by atoms with Crippen molar-refractivity contribution in [1.82, 2.24) is 11.5 Å². The van der Waals surface area contributed by atoms with Crippen molar-refractivity contribution < 1.29 is 0 Å². The fourth-order valence-corrected chi connectivity index (χ4v) is 0.667. The lowest BCUT2D eigenvalue weighted by Crippen LogP contribution is -2.29. The predicted octanol–water partition coefficient (Wildman–Crippen LogP) is 1.61. The molecule has 0 radical (unpaired) electrons. The lowest BCUT2D eigenvalue weighted by Gasteiger charge is -2.10. The number of rotatable bonds is 2. The molecule has 0 aliphatic carbocycles. The van der Waals surface area contributed by atoms with Gasteiger partial charge in [-0.15, -0.1) is 0 Å². The summed E-state index contributed by atoms with van der Waals surface area (Å²) in [5.74, 6) is 0. The molecule has 4 N–H and O–H groups in total. The van der Waals surface area contributed by atoms with Crippen LogP contribution in [0.25, 0.3) is 0 Å². The van der Waals surface area contributed by atoms with E-state index in [1.807, 2.05) is 0 Å². The molecule has 1 atom stereocenters. The Hall–Kier alpha value is 0.350. The molecule has 0 heterocycles. The first-order valence-electron chi connectivity index (χ1n) is 2.89. The zero-order valence-electron chi connectivity index (χ0n) is 7.07. The molecule has 0 aromatic carbocycles. The van der Waals surface area contributed by atoms with E-state index in [-0.39, 0.29) is 16.0 Å². The first-order chi connectivity index (χ1) is 3.13. The van der Waals surface area contributed by atoms with E-state index in [0.29, 0.717) is 12.1 Å². The molecule has 0 saturated heterocycles. The number of hydrogen-bond donors (Lipinski definition) is 2. The van der Waals surface area contributed by atoms with Gasteiger partial charge in [-0.1, -0.05) is 27.7 Å². The second-order valence-corrected chi connectivity index (χ2v) is 2.48. The molecule has 0 rings (SSSR count). The molecular formula is C6H21N2P. The fraction of sp³-hybridized carbons (Fsp3) is 1.00. The van der Waals surface area contributed by atoms with Gasteiger partial charge in [0.15, 0.2) is 0 Å². The van der Waals surface area contributed by atoms with Crippen LogP contribution >= 0.6 is 9.90 Å². The van der Waals surface area contributed by atoms with Crippen LogP contribution in [0.4, 0.5) is 0 Å². The van der Waals surface area contributed by atoms with Crippen LogP contribution in [-0.2, 0) is 0 Å². The Kier molecular flexibility index (Phi) is 15.0. The van der Waals surface area contributed by atoms with Gasteiger partial charge in [0, 0.05) is 12.1 Å². The van der Waals surface area contributed by atoms with Crippen molar-refractivity contribution >= 4 is 9.90 Å². The fourth-order valence-electron chi connectivity index (χ4n) is 0.667. The van der Waals surface area contributed by atoms with E-state index in [1.54, 1.807) is 0 Å². The van der Waals surface area contributed by atoms with Gasteiger partial charge in [0.1, 0.15) is 0 Å². The maximum Gasteiger partial charge on any atom is 0.00127 e. The first-order valence-corrected chi connectivity index (χ1v) is 2.89. The standard InChI is InChI=1S/C6H15N.H3N.H3P/c1-5(2)7-6(3)4;;/h5-7H,1-4H3;2*1H3. The summed E-state index contributed by atoms with van der Waals surface area (Å²) in [5.41, 5.74) is 0. The third kappa shape index (κ3) is 17.8. The van der Waals surface area contributed by atoms with Gasteiger partial charge in [-0.3, -0.25) is 0 Å². The van der Waals surface area contributed by atoms with E-state index in [2.05, 4.69) is 33.0 Å². The van der Waals surface area contributed by atoms with Gasteiger partial charge in [-0.2, -0.15) is 9.90 Å². The van der Waals surface area contributed by atoms with Crippen LogP contribution in [0, 0.1) is 0 Å². The quantitative estimate of drug-likeness (QED) is 0.590. The van der Waals surface area contributed by atoms with Crippen molar-refractivity contribution in [3.8, 4) is 0 Å². The topological polar surface area (TPSA) is 47.0 Å². The maximum absolute atomic E-state index is 3.31. The highest BCUT2D eigenvalue weighted by molar-refractivity contribution is 6.92. The Bertz CT molecular complexity index is 40.3. The number of nitrogens with one attached hydrogen (secondary N) is 1. The van der Waals surface area contributed by atoms with Crippen LogP contribution in [0.1, 0.15) is 27.7 Å². The van der Waals surface area contributed by atoms with Gasteiger partial charge in [-0.05, 0) is 0 Å². The van der Waals surface area contributed by atoms with Crippen molar-refractivity contribution in [3.63, 3.8) is 0 Å². The Morgan fingerprint density at radius 3 is 1.11 bits per heavy atom. The minimum Gasteiger partial charge on any atom is -0.344 e. The maximum atomic E-state index is 3.31. The summed E-state index contributed by atoms with van der Waals surface area (Å²) in [6, 6.07) is 1.25. The highest BCUT2D eigenvalue weighted by Gasteiger charge is 1.92. The molecule has 2 nitrogen and oxygen atoms in total. The van der Waals surface area contributed by atoms with Crippen LogP contribution in [0.3, 0.4) is 0 Å². The van der Waals surface area contributed by atoms with Crippen LogP contribution in [0.5, 0.6) is 0 Å². The van der Waals surface area contributed by atoms with Crippen molar-refractivity contribution in [1.29, 1.82) is 0 Å². The Balaban J connectivity index is -0.000000180. The van der Waals surface area contributed by atoms with E-state index in [0.717, 1.165) is 0 Å². The third-order valence-electron chi connectivity index (χ3n) is 0.667. The molecule has 60 valence electrons. The van der Waals surface area contributed by atoms with Crippen LogP contribution in [-0.4, -0.2) is 12.1 Å². The second kappa shape index (κ2) is 8.35. The molecule has 0 amide bonds. The van der Waals surface area contributed by atoms with Crippen LogP contribution in [0.2, 0.25) is 0 Å². The number of hydrogen-bond acceptors (Lipinski definition) is 2. The van der Waals surface area contributed by atoms with E-state index in [9.17, 15) is 0 Å². The summed E-state index contributed by atoms with van der Waals surface area (Å²) in [5, 5.41) is 3.31. The van der Waals surface area contributed by atoms with Crippen molar-refractivity contribution in [2.24, 2.45) is 0 Å². The summed E-state index contributed by atoms with van der Waals surface area (Å²) in [6.07, 6.45) is 0. The molecule has 0 saturated carbocycles. The highest BCUT2D eigenvalue weighted by Crippen LogP contribution is 1.80. The van der Waals surface area contributed by atoms with Crippen molar-refractivity contribution in [2.45, 2.75) is 39.8 Å². The molecule has 0 aromatic rings. The van der Waals surface area contributed by atoms with Gasteiger partial charge in [0.2, 0.25) is 0 Å². The molecule has 3 heteroatoms. The average molecular weight is 152 g/mol. The molecular weight excluding hydrogens is 131 g/mol. The van der Waals surface area contributed by atoms with Crippen LogP contribution in [0.15, 0.2) is 0 Å². The van der Waals surface area contributed by atoms with E-state index >= 15 is 0 Å². The molecule has 0 aliphatic heterocycles. The predicted molar refractivity (Wildman–Crippen MR) is 49.5 cm³/mol. The highest BCUT2D eigenvalue weighted by atomic mass is 31.0. The minimum atomic E-state index is 0. The summed E-state index contributed by atoms with van der Waals surface area (Å²) >= 11 is 0. The summed E-state index contributed by atoms with van der Waals surface area (Å²) < 4.78 is 0. The van der Waals surface area contributed by atoms with Gasteiger partial charge in [-0.25, -0.2) is 0 Å². The third-order valence-corrected chi connectivity index (χ3v) is 0.667. The average Bonchev–Trinajstić information content (AvgIpc) is 1.27. The monoisotopic (exact) mass is 152 g/mol. The Morgan fingerprint density at radius 2 is 1.11 bits per heavy atom. The molecule has 0 aliphatic rings. The zero-order chi connectivity index (χ0) is 5.86. The second-order valence-electron chi connectivity index (χ2n) is 2.48. The van der Waals surface area contributed by atoms with E-state index in [1.165, 1.54) is 0 Å². The molecule has 0 aromatic heterocycles. The summed E-state index contributed by atoms with van der Waals surface area (Å²) in [7, 11) is 0. The Morgan fingerprint density at radius 1 is 0.889 bits per heavy atom. The van der Waals surface area contributed by atoms with Gasteiger partial charge in [0.25, 0.3) is 0 Å². The SMILES string of the molecule is CC(C)NC(C)C.N.P. The molecule has 9 heavy (non-hydrogen) atoms. The molecule has 0 spiro atoms. The molecule has 1 unspecified atom stereocenters. The largest absolute Gasteiger partial charge is 0.344 e. The summed E-state index contributed by atoms with van der Waals surface area (Å²) in [4.78, 5) is 0. The van der Waals surface area contributed by atoms with E-state index < -0.39 is 0 Å². The first kappa shape index (κ1) is 16.2. The van der Waals surface area contributed by atoms with Crippen molar-refractivity contribution in [3.05, 3.63) is 0 Å². The van der Waals surface area contributed by atoms with Gasteiger partial charge in [0.05, 0.1) is 0 Å². The minimum absolute atomic E-state index is 0. The van der Waals surface area contributed by atoms with Gasteiger partial charge < -0.3 is 11.5 Å². The molecule has 0 fully saturated rings. The van der Waals surface area contributed by atoms with Crippen LogP contribution < -0.4 is 11.5 Å². The Labute approximate surface area is 62.0 Å². The van der Waals surface area contributed by atoms with E-state index in [4.69, 9.17) is 0 Å². The smallest absolute Gasteiger partial charge is 0.00127 e. The lowest BCUT2D eigenvalue weighted by atomic mass is 10.3. The zero-order valence-corrected chi connectivity index (χ0v) is 8.48. The summed E-state index contributed by atoms with van der Waals surface area (Å²) in [6.45, 7) is 8.61. The molecule has 0 bridgehead atoms. The normalized spacial score (nSPS) is 8.67. The van der Waals surface area contributed by atoms with Gasteiger partial charge >= 0.3 is 0 Å². The lowest BCUT2D eigenvalue weighted by molar-refractivity contribution is 0.518.